The van der Waals surface area contributed by atoms with E-state index in [0.717, 1.165) is 0 Å². The van der Waals surface area contributed by atoms with Crippen LogP contribution in [0.25, 0.3) is 11.1 Å². The summed E-state index contributed by atoms with van der Waals surface area (Å²) in [4.78, 5) is 0. The highest BCUT2D eigenvalue weighted by Gasteiger charge is 2.44. The molecule has 0 aliphatic carbocycles. The summed E-state index contributed by atoms with van der Waals surface area (Å²) < 4.78 is 157. The summed E-state index contributed by atoms with van der Waals surface area (Å²) >= 11 is 0. The molecule has 0 aromatic heterocycles. The van der Waals surface area contributed by atoms with E-state index in [0.29, 0.717) is 0 Å². The van der Waals surface area contributed by atoms with Gasteiger partial charge in [-0.25, -0.2) is 35.1 Å². The molecule has 0 unspecified atom stereocenters. The summed E-state index contributed by atoms with van der Waals surface area (Å²) in [5.41, 5.74) is -4.26. The average Bonchev–Trinajstić information content (AvgIpc) is 3.12. The van der Waals surface area contributed by atoms with Gasteiger partial charge in [0.1, 0.15) is 0 Å². The molecule has 6 aromatic carbocycles. The van der Waals surface area contributed by atoms with Crippen LogP contribution < -0.4 is 31.8 Å². The highest BCUT2D eigenvalue weighted by molar-refractivity contribution is 7.85. The van der Waals surface area contributed by atoms with Gasteiger partial charge < -0.3 is 9.13 Å². The van der Waals surface area contributed by atoms with Crippen LogP contribution in [0.4, 0.5) is 35.1 Å². The number of hydrogen-bond donors (Lipinski definition) is 0. The largest absolute Gasteiger partial charge is 0.308 e. The van der Waals surface area contributed by atoms with E-state index in [1.807, 2.05) is 0 Å². The lowest BCUT2D eigenvalue weighted by Crippen LogP contribution is -2.32. The summed E-state index contributed by atoms with van der Waals surface area (Å²) in [5.74, 6) is -19.1. The Bertz CT molecular complexity index is 1960. The molecular weight excluding hydrogens is 678 g/mol. The minimum Gasteiger partial charge on any atom is -0.308 e. The Labute approximate surface area is 269 Å². The van der Waals surface area contributed by atoms with Crippen molar-refractivity contribution in [2.45, 2.75) is 0 Å². The molecule has 2 nitrogen and oxygen atoms in total. The van der Waals surface area contributed by atoms with Crippen LogP contribution in [-0.2, 0) is 9.13 Å². The van der Waals surface area contributed by atoms with E-state index >= 15 is 35.1 Å². The molecule has 0 saturated heterocycles. The van der Waals surface area contributed by atoms with Gasteiger partial charge in [0, 0.05) is 21.2 Å². The molecule has 48 heavy (non-hydrogen) atoms. The zero-order valence-corrected chi connectivity index (χ0v) is 26.1. The smallest absolute Gasteiger partial charge is 0.177 e. The zero-order chi connectivity index (χ0) is 34.4. The monoisotopic (exact) mass is 698 g/mol. The first-order valence-electron chi connectivity index (χ1n) is 14.1. The van der Waals surface area contributed by atoms with E-state index in [-0.39, 0.29) is 21.2 Å². The fourth-order valence-corrected chi connectivity index (χ4v) is 11.1. The van der Waals surface area contributed by atoms with Gasteiger partial charge in [-0.2, -0.15) is 0 Å². The van der Waals surface area contributed by atoms with Crippen LogP contribution in [0, 0.1) is 46.5 Å². The lowest BCUT2D eigenvalue weighted by molar-refractivity contribution is 0.449. The Morgan fingerprint density at radius 2 is 0.479 bits per heavy atom. The average molecular weight is 698 g/mol. The second kappa shape index (κ2) is 12.7. The molecule has 0 spiro atoms. The zero-order valence-electron chi connectivity index (χ0n) is 24.3. The molecule has 0 N–H and O–H groups in total. The van der Waals surface area contributed by atoms with Crippen molar-refractivity contribution in [1.29, 1.82) is 0 Å². The highest BCUT2D eigenvalue weighted by atomic mass is 31.2. The Kier molecular flexibility index (Phi) is 8.75. The molecule has 0 fully saturated rings. The lowest BCUT2D eigenvalue weighted by atomic mass is 10.0. The van der Waals surface area contributed by atoms with Crippen molar-refractivity contribution >= 4 is 46.1 Å². The highest BCUT2D eigenvalue weighted by Crippen LogP contribution is 2.49. The van der Waals surface area contributed by atoms with Crippen molar-refractivity contribution < 1.29 is 44.3 Å². The predicted molar refractivity (Wildman–Crippen MR) is 170 cm³/mol. The molecule has 0 bridgehead atoms. The first kappa shape index (κ1) is 33.1. The first-order chi connectivity index (χ1) is 23.0. The lowest BCUT2D eigenvalue weighted by Gasteiger charge is -2.24. The standard InChI is InChI=1S/C36H20F8O2P2/c37-27-25(28(38)32(42)35(31(27)41)47(45,21-13-5-1-6-14-21)22-15-7-2-8-16-22)26-29(39)33(43)36(34(44)30(26)40)48(46,23-17-9-3-10-18-23)24-19-11-4-12-20-24/h1-20H. The summed E-state index contributed by atoms with van der Waals surface area (Å²) in [7, 11) is -9.52. The van der Waals surface area contributed by atoms with Crippen LogP contribution in [-0.4, -0.2) is 0 Å². The molecule has 0 aliphatic rings. The fourth-order valence-electron chi connectivity index (χ4n) is 5.60. The molecule has 0 heterocycles. The van der Waals surface area contributed by atoms with E-state index in [1.165, 1.54) is 121 Å². The van der Waals surface area contributed by atoms with Gasteiger partial charge in [-0.3, -0.25) is 0 Å². The van der Waals surface area contributed by atoms with E-state index in [2.05, 4.69) is 0 Å². The minimum atomic E-state index is -4.76. The third-order valence-corrected chi connectivity index (χ3v) is 14.0. The molecule has 0 radical (unpaired) electrons. The molecule has 0 aliphatic heterocycles. The normalized spacial score (nSPS) is 11.9. The molecule has 6 rings (SSSR count). The second-order valence-corrected chi connectivity index (χ2v) is 15.9. The van der Waals surface area contributed by atoms with Crippen molar-refractivity contribution in [3.05, 3.63) is 168 Å². The fraction of sp³-hybridized carbons (Fsp3) is 0. The summed E-state index contributed by atoms with van der Waals surface area (Å²) in [6.07, 6.45) is 0. The third kappa shape index (κ3) is 5.02. The molecule has 0 saturated carbocycles. The second-order valence-electron chi connectivity index (χ2n) is 10.5. The Balaban J connectivity index is 1.65. The van der Waals surface area contributed by atoms with Crippen LogP contribution >= 0.6 is 14.3 Å². The number of benzene rings is 6. The minimum absolute atomic E-state index is 0.239. The van der Waals surface area contributed by atoms with Gasteiger partial charge >= 0.3 is 0 Å². The maximum atomic E-state index is 16.0. The van der Waals surface area contributed by atoms with E-state index < -0.39 is 82.6 Å². The van der Waals surface area contributed by atoms with Gasteiger partial charge in [0.2, 0.25) is 0 Å². The first-order valence-corrected chi connectivity index (χ1v) is 17.5. The SMILES string of the molecule is O=P(c1ccccc1)(c1ccccc1)c1c(F)c(F)c(-c2c(F)c(F)c(P(=O)(c3ccccc3)c3ccccc3)c(F)c2F)c(F)c1F. The van der Waals surface area contributed by atoms with Crippen LogP contribution in [0.1, 0.15) is 0 Å². The van der Waals surface area contributed by atoms with Crippen molar-refractivity contribution in [3.63, 3.8) is 0 Å². The molecule has 0 amide bonds. The van der Waals surface area contributed by atoms with Crippen molar-refractivity contribution in [3.8, 4) is 11.1 Å². The van der Waals surface area contributed by atoms with Gasteiger partial charge in [0.05, 0.1) is 21.7 Å². The van der Waals surface area contributed by atoms with Crippen LogP contribution in [0.15, 0.2) is 121 Å². The Hall–Kier alpha value is -4.78. The van der Waals surface area contributed by atoms with Crippen molar-refractivity contribution in [2.24, 2.45) is 0 Å². The number of halogens is 8. The van der Waals surface area contributed by atoms with Crippen LogP contribution in [0.2, 0.25) is 0 Å². The maximum absolute atomic E-state index is 16.0. The van der Waals surface area contributed by atoms with E-state index in [9.17, 15) is 9.13 Å². The summed E-state index contributed by atoms with van der Waals surface area (Å²) in [5, 5.41) is -4.13. The van der Waals surface area contributed by atoms with E-state index in [4.69, 9.17) is 0 Å². The summed E-state index contributed by atoms with van der Waals surface area (Å²) in [6.45, 7) is 0. The quantitative estimate of drug-likeness (QED) is 0.0972. The van der Waals surface area contributed by atoms with Gasteiger partial charge in [-0.1, -0.05) is 121 Å². The predicted octanol–water partition coefficient (Wildman–Crippen LogP) is 7.75. The number of hydrogen-bond acceptors (Lipinski definition) is 2. The van der Waals surface area contributed by atoms with Gasteiger partial charge in [-0.15, -0.1) is 0 Å². The molecule has 242 valence electrons. The molecule has 0 atom stereocenters. The molecule has 6 aromatic rings. The van der Waals surface area contributed by atoms with E-state index in [1.54, 1.807) is 0 Å². The topological polar surface area (TPSA) is 34.1 Å². The Morgan fingerprint density at radius 3 is 0.667 bits per heavy atom. The Morgan fingerprint density at radius 1 is 0.292 bits per heavy atom. The van der Waals surface area contributed by atoms with Crippen LogP contribution in [0.5, 0.6) is 0 Å². The van der Waals surface area contributed by atoms with Gasteiger partial charge in [-0.05, 0) is 0 Å². The van der Waals surface area contributed by atoms with Gasteiger partial charge in [0.15, 0.2) is 60.8 Å². The van der Waals surface area contributed by atoms with Gasteiger partial charge in [0.25, 0.3) is 0 Å². The maximum Gasteiger partial charge on any atom is 0.177 e. The third-order valence-electron chi connectivity index (χ3n) is 7.84. The van der Waals surface area contributed by atoms with Crippen molar-refractivity contribution in [2.75, 3.05) is 0 Å². The number of rotatable bonds is 7. The summed E-state index contributed by atoms with van der Waals surface area (Å²) in [6, 6.07) is 26.5. The van der Waals surface area contributed by atoms with Crippen molar-refractivity contribution in [1.82, 2.24) is 0 Å². The molecule has 12 heteroatoms. The molecular formula is C36H20F8O2P2. The van der Waals surface area contributed by atoms with Crippen LogP contribution in [0.3, 0.4) is 0 Å².